The van der Waals surface area contributed by atoms with Crippen molar-refractivity contribution in [3.05, 3.63) is 28.2 Å². The molecule has 1 rings (SSSR count). The molecule has 0 saturated heterocycles. The molecule has 0 aliphatic carbocycles. The lowest BCUT2D eigenvalue weighted by Crippen LogP contribution is -2.25. The fraction of sp³-hybridized carbons (Fsp3) is 0.417. The maximum atomic E-state index is 11.7. The van der Waals surface area contributed by atoms with E-state index in [0.717, 1.165) is 23.7 Å². The first-order valence-electron chi connectivity index (χ1n) is 5.48. The molecule has 0 unspecified atom stereocenters. The lowest BCUT2D eigenvalue weighted by atomic mass is 10.1. The molecule has 0 radical (unpaired) electrons. The van der Waals surface area contributed by atoms with Crippen molar-refractivity contribution in [2.45, 2.75) is 26.2 Å². The highest BCUT2D eigenvalue weighted by Crippen LogP contribution is 2.18. The fourth-order valence-electron chi connectivity index (χ4n) is 1.41. The molecule has 1 amide bonds. The van der Waals surface area contributed by atoms with Crippen molar-refractivity contribution < 1.29 is 4.79 Å². The summed E-state index contributed by atoms with van der Waals surface area (Å²) >= 11 is 3.31. The van der Waals surface area contributed by atoms with Crippen LogP contribution < -0.4 is 11.1 Å². The van der Waals surface area contributed by atoms with Crippen LogP contribution in [0.5, 0.6) is 0 Å². The van der Waals surface area contributed by atoms with Crippen LogP contribution in [-0.4, -0.2) is 12.5 Å². The SMILES string of the molecule is CCCCCNC(=O)c1ccc(Br)cc1N. The molecule has 0 atom stereocenters. The second kappa shape index (κ2) is 6.53. The van der Waals surface area contributed by atoms with Crippen molar-refractivity contribution in [1.29, 1.82) is 0 Å². The molecule has 0 fully saturated rings. The van der Waals surface area contributed by atoms with Gasteiger partial charge in [-0.15, -0.1) is 0 Å². The molecule has 0 aromatic heterocycles. The summed E-state index contributed by atoms with van der Waals surface area (Å²) in [6.45, 7) is 2.84. The molecule has 0 spiro atoms. The van der Waals surface area contributed by atoms with E-state index in [1.807, 2.05) is 6.07 Å². The number of nitrogens with one attached hydrogen (secondary N) is 1. The Bertz CT molecular complexity index is 366. The highest BCUT2D eigenvalue weighted by molar-refractivity contribution is 9.10. The maximum Gasteiger partial charge on any atom is 0.253 e. The number of carbonyl (C=O) groups excluding carboxylic acids is 1. The van der Waals surface area contributed by atoms with E-state index < -0.39 is 0 Å². The molecule has 0 heterocycles. The van der Waals surface area contributed by atoms with Gasteiger partial charge in [-0.2, -0.15) is 0 Å². The second-order valence-electron chi connectivity index (χ2n) is 3.69. The van der Waals surface area contributed by atoms with Crippen LogP contribution in [-0.2, 0) is 0 Å². The Morgan fingerprint density at radius 2 is 2.19 bits per heavy atom. The number of benzene rings is 1. The van der Waals surface area contributed by atoms with Gasteiger partial charge in [0.2, 0.25) is 0 Å². The highest BCUT2D eigenvalue weighted by atomic mass is 79.9. The van der Waals surface area contributed by atoms with Crippen molar-refractivity contribution in [2.75, 3.05) is 12.3 Å². The van der Waals surface area contributed by atoms with E-state index in [2.05, 4.69) is 28.2 Å². The Hall–Kier alpha value is -1.03. The van der Waals surface area contributed by atoms with E-state index in [1.165, 1.54) is 0 Å². The Balaban J connectivity index is 2.53. The summed E-state index contributed by atoms with van der Waals surface area (Å²) in [6, 6.07) is 5.28. The molecule has 88 valence electrons. The van der Waals surface area contributed by atoms with Crippen molar-refractivity contribution in [2.24, 2.45) is 0 Å². The van der Waals surface area contributed by atoms with Crippen LogP contribution in [0.3, 0.4) is 0 Å². The van der Waals surface area contributed by atoms with Gasteiger partial charge in [0.25, 0.3) is 5.91 Å². The van der Waals surface area contributed by atoms with E-state index in [9.17, 15) is 4.79 Å². The summed E-state index contributed by atoms with van der Waals surface area (Å²) < 4.78 is 0.882. The normalized spacial score (nSPS) is 10.1. The predicted octanol–water partition coefficient (Wildman–Crippen LogP) is 2.95. The summed E-state index contributed by atoms with van der Waals surface area (Å²) in [5.74, 6) is -0.0962. The van der Waals surface area contributed by atoms with E-state index >= 15 is 0 Å². The van der Waals surface area contributed by atoms with Crippen LogP contribution in [0.25, 0.3) is 0 Å². The Morgan fingerprint density at radius 1 is 1.44 bits per heavy atom. The summed E-state index contributed by atoms with van der Waals surface area (Å²) in [5.41, 5.74) is 6.81. The quantitative estimate of drug-likeness (QED) is 0.645. The molecule has 0 saturated carbocycles. The zero-order valence-electron chi connectivity index (χ0n) is 9.42. The van der Waals surface area contributed by atoms with Gasteiger partial charge >= 0.3 is 0 Å². The third kappa shape index (κ3) is 3.85. The van der Waals surface area contributed by atoms with Gasteiger partial charge in [0.05, 0.1) is 5.56 Å². The highest BCUT2D eigenvalue weighted by Gasteiger charge is 2.08. The van der Waals surface area contributed by atoms with Gasteiger partial charge in [0.15, 0.2) is 0 Å². The molecule has 0 aliphatic rings. The number of hydrogen-bond donors (Lipinski definition) is 2. The number of nitrogen functional groups attached to an aromatic ring is 1. The van der Waals surface area contributed by atoms with Crippen LogP contribution in [0.1, 0.15) is 36.5 Å². The van der Waals surface area contributed by atoms with Crippen molar-refractivity contribution >= 4 is 27.5 Å². The largest absolute Gasteiger partial charge is 0.398 e. The third-order valence-corrected chi connectivity index (χ3v) is 2.82. The molecule has 3 nitrogen and oxygen atoms in total. The Labute approximate surface area is 105 Å². The first-order chi connectivity index (χ1) is 7.65. The third-order valence-electron chi connectivity index (χ3n) is 2.32. The number of nitrogens with two attached hydrogens (primary N) is 1. The van der Waals surface area contributed by atoms with Gasteiger partial charge in [-0.1, -0.05) is 35.7 Å². The number of amides is 1. The minimum atomic E-state index is -0.0962. The van der Waals surface area contributed by atoms with E-state index in [-0.39, 0.29) is 5.91 Å². The van der Waals surface area contributed by atoms with Gasteiger partial charge in [-0.05, 0) is 24.6 Å². The van der Waals surface area contributed by atoms with Crippen LogP contribution in [0.4, 0.5) is 5.69 Å². The van der Waals surface area contributed by atoms with Crippen LogP contribution in [0.15, 0.2) is 22.7 Å². The number of hydrogen-bond acceptors (Lipinski definition) is 2. The van der Waals surface area contributed by atoms with Crippen LogP contribution in [0.2, 0.25) is 0 Å². The van der Waals surface area contributed by atoms with E-state index in [4.69, 9.17) is 5.73 Å². The second-order valence-corrected chi connectivity index (χ2v) is 4.61. The molecule has 3 N–H and O–H groups in total. The predicted molar refractivity (Wildman–Crippen MR) is 70.4 cm³/mol. The van der Waals surface area contributed by atoms with Gasteiger partial charge in [0.1, 0.15) is 0 Å². The summed E-state index contributed by atoms with van der Waals surface area (Å²) in [4.78, 5) is 11.7. The molecule has 1 aromatic carbocycles. The number of unbranched alkanes of at least 4 members (excludes halogenated alkanes) is 2. The zero-order valence-corrected chi connectivity index (χ0v) is 11.0. The van der Waals surface area contributed by atoms with E-state index in [1.54, 1.807) is 12.1 Å². The van der Waals surface area contributed by atoms with Crippen LogP contribution in [0, 0.1) is 0 Å². The van der Waals surface area contributed by atoms with Gasteiger partial charge in [-0.25, -0.2) is 0 Å². The molecule has 4 heteroatoms. The molecule has 1 aromatic rings. The molecular formula is C12H17BrN2O. The van der Waals surface area contributed by atoms with Gasteiger partial charge < -0.3 is 11.1 Å². The van der Waals surface area contributed by atoms with Gasteiger partial charge in [0, 0.05) is 16.7 Å². The minimum Gasteiger partial charge on any atom is -0.398 e. The smallest absolute Gasteiger partial charge is 0.253 e. The van der Waals surface area contributed by atoms with Crippen LogP contribution >= 0.6 is 15.9 Å². The fourth-order valence-corrected chi connectivity index (χ4v) is 1.79. The van der Waals surface area contributed by atoms with Crippen molar-refractivity contribution in [1.82, 2.24) is 5.32 Å². The Morgan fingerprint density at radius 3 is 2.81 bits per heavy atom. The zero-order chi connectivity index (χ0) is 12.0. The van der Waals surface area contributed by atoms with E-state index in [0.29, 0.717) is 17.8 Å². The van der Waals surface area contributed by atoms with Crippen molar-refractivity contribution in [3.63, 3.8) is 0 Å². The van der Waals surface area contributed by atoms with Gasteiger partial charge in [-0.3, -0.25) is 4.79 Å². The number of rotatable bonds is 5. The summed E-state index contributed by atoms with van der Waals surface area (Å²) in [5, 5.41) is 2.86. The number of halogens is 1. The summed E-state index contributed by atoms with van der Waals surface area (Å²) in [7, 11) is 0. The monoisotopic (exact) mass is 284 g/mol. The number of carbonyl (C=O) groups is 1. The number of anilines is 1. The maximum absolute atomic E-state index is 11.7. The van der Waals surface area contributed by atoms with Crippen molar-refractivity contribution in [3.8, 4) is 0 Å². The first kappa shape index (κ1) is 13.0. The standard InChI is InChI=1S/C12H17BrN2O/c1-2-3-4-7-15-12(16)10-6-5-9(13)8-11(10)14/h5-6,8H,2-4,7,14H2,1H3,(H,15,16). The average molecular weight is 285 g/mol. The average Bonchev–Trinajstić information content (AvgIpc) is 2.24. The molecule has 0 aliphatic heterocycles. The lowest BCUT2D eigenvalue weighted by Gasteiger charge is -2.07. The summed E-state index contributed by atoms with van der Waals surface area (Å²) in [6.07, 6.45) is 3.30. The first-order valence-corrected chi connectivity index (χ1v) is 6.27. The minimum absolute atomic E-state index is 0.0962. The molecule has 16 heavy (non-hydrogen) atoms. The lowest BCUT2D eigenvalue weighted by molar-refractivity contribution is 0.0954. The molecular weight excluding hydrogens is 268 g/mol. The Kier molecular flexibility index (Phi) is 5.32. The molecule has 0 bridgehead atoms. The topological polar surface area (TPSA) is 55.1 Å².